The van der Waals surface area contributed by atoms with Crippen molar-refractivity contribution >= 4 is 16.8 Å². The lowest BCUT2D eigenvalue weighted by Crippen LogP contribution is -2.43. The van der Waals surface area contributed by atoms with Gasteiger partial charge in [0, 0.05) is 12.0 Å². The first-order valence-electron chi connectivity index (χ1n) is 10.1. The molecule has 2 atom stereocenters. The van der Waals surface area contributed by atoms with Crippen molar-refractivity contribution in [1.82, 2.24) is 15.3 Å². The van der Waals surface area contributed by atoms with Gasteiger partial charge in [-0.25, -0.2) is 4.98 Å². The van der Waals surface area contributed by atoms with Crippen LogP contribution < -0.4 is 10.9 Å². The fourth-order valence-electron chi connectivity index (χ4n) is 4.40. The number of fused-ring (bicyclic) bond motifs is 1. The van der Waals surface area contributed by atoms with E-state index in [1.165, 1.54) is 12.8 Å². The predicted octanol–water partition coefficient (Wildman–Crippen LogP) is 3.67. The Hall–Kier alpha value is -2.43. The largest absolute Gasteiger partial charge is 0.353 e. The van der Waals surface area contributed by atoms with Gasteiger partial charge in [-0.2, -0.15) is 0 Å². The quantitative estimate of drug-likeness (QED) is 0.815. The first-order valence-corrected chi connectivity index (χ1v) is 10.1. The van der Waals surface area contributed by atoms with Crippen LogP contribution in [-0.4, -0.2) is 21.9 Å². The van der Waals surface area contributed by atoms with Crippen molar-refractivity contribution in [3.63, 3.8) is 0 Å². The molecule has 5 nitrogen and oxygen atoms in total. The van der Waals surface area contributed by atoms with Crippen LogP contribution in [0.5, 0.6) is 0 Å². The summed E-state index contributed by atoms with van der Waals surface area (Å²) < 4.78 is 0. The van der Waals surface area contributed by atoms with E-state index in [-0.39, 0.29) is 29.3 Å². The number of aromatic amines is 1. The van der Waals surface area contributed by atoms with Crippen molar-refractivity contribution in [2.75, 3.05) is 0 Å². The minimum absolute atomic E-state index is 0.0881. The van der Waals surface area contributed by atoms with Gasteiger partial charge in [-0.15, -0.1) is 0 Å². The maximum Gasteiger partial charge on any atom is 0.258 e. The van der Waals surface area contributed by atoms with Crippen molar-refractivity contribution in [2.24, 2.45) is 11.8 Å². The lowest BCUT2D eigenvalue weighted by atomic mass is 9.81. The molecule has 0 radical (unpaired) electrons. The lowest BCUT2D eigenvalue weighted by molar-refractivity contribution is -0.126. The predicted molar refractivity (Wildman–Crippen MR) is 107 cm³/mol. The Balaban J connectivity index is 1.57. The average Bonchev–Trinajstić information content (AvgIpc) is 2.70. The van der Waals surface area contributed by atoms with Gasteiger partial charge < -0.3 is 10.3 Å². The normalized spacial score (nSPS) is 28.2. The third-order valence-electron chi connectivity index (χ3n) is 6.11. The number of hydrogen-bond acceptors (Lipinski definition) is 3. The van der Waals surface area contributed by atoms with Gasteiger partial charge in [0.2, 0.25) is 5.91 Å². The molecular weight excluding hydrogens is 338 g/mol. The van der Waals surface area contributed by atoms with Gasteiger partial charge in [0.05, 0.1) is 16.8 Å². The molecule has 2 aliphatic rings. The molecule has 0 aliphatic heterocycles. The summed E-state index contributed by atoms with van der Waals surface area (Å²) in [4.78, 5) is 33.1. The van der Waals surface area contributed by atoms with Gasteiger partial charge in [0.25, 0.3) is 5.56 Å². The highest BCUT2D eigenvalue weighted by Crippen LogP contribution is 2.33. The number of nitrogens with one attached hydrogen (secondary N) is 2. The summed E-state index contributed by atoms with van der Waals surface area (Å²) in [6.07, 6.45) is 10.1. The van der Waals surface area contributed by atoms with Gasteiger partial charge in [-0.05, 0) is 56.6 Å². The minimum atomic E-state index is -0.182. The van der Waals surface area contributed by atoms with E-state index in [9.17, 15) is 9.59 Å². The number of rotatable bonds is 3. The number of allylic oxidation sites excluding steroid dienone is 2. The Morgan fingerprint density at radius 1 is 1.11 bits per heavy atom. The number of amides is 1. The minimum Gasteiger partial charge on any atom is -0.353 e. The summed E-state index contributed by atoms with van der Waals surface area (Å²) in [5.74, 6) is 1.21. The Labute approximate surface area is 159 Å². The van der Waals surface area contributed by atoms with Crippen LogP contribution in [0, 0.1) is 11.8 Å². The molecule has 1 amide bonds. The third-order valence-corrected chi connectivity index (χ3v) is 6.11. The fourth-order valence-corrected chi connectivity index (χ4v) is 4.40. The Morgan fingerprint density at radius 2 is 1.85 bits per heavy atom. The summed E-state index contributed by atoms with van der Waals surface area (Å²) in [5.41, 5.74) is 0.553. The number of H-pyrrole nitrogens is 1. The molecule has 142 valence electrons. The van der Waals surface area contributed by atoms with Gasteiger partial charge >= 0.3 is 0 Å². The molecule has 2 N–H and O–H groups in total. The number of carbonyl (C=O) groups is 1. The molecule has 0 saturated heterocycles. The molecule has 1 fully saturated rings. The molecule has 0 bridgehead atoms. The summed E-state index contributed by atoms with van der Waals surface area (Å²) in [6.45, 7) is 2.28. The van der Waals surface area contributed by atoms with Crippen LogP contribution in [0.1, 0.15) is 57.2 Å². The zero-order valence-electron chi connectivity index (χ0n) is 15.8. The molecule has 1 aromatic heterocycles. The zero-order chi connectivity index (χ0) is 18.8. The molecule has 0 unspecified atom stereocenters. The topological polar surface area (TPSA) is 74.8 Å². The van der Waals surface area contributed by atoms with E-state index in [4.69, 9.17) is 0 Å². The number of benzene rings is 1. The molecule has 1 aromatic carbocycles. The Bertz CT molecular complexity index is 909. The summed E-state index contributed by atoms with van der Waals surface area (Å²) in [7, 11) is 0. The molecule has 1 heterocycles. The molecule has 2 aliphatic carbocycles. The molecule has 0 spiro atoms. The van der Waals surface area contributed by atoms with Crippen LogP contribution in [-0.2, 0) is 4.79 Å². The Morgan fingerprint density at radius 3 is 2.67 bits per heavy atom. The number of carbonyl (C=O) groups excluding carboxylic acids is 1. The molecule has 1 saturated carbocycles. The van der Waals surface area contributed by atoms with E-state index in [2.05, 4.69) is 34.4 Å². The van der Waals surface area contributed by atoms with Crippen molar-refractivity contribution in [3.8, 4) is 0 Å². The number of para-hydroxylation sites is 1. The fraction of sp³-hybridized carbons (Fsp3) is 0.500. The maximum atomic E-state index is 13.0. The van der Waals surface area contributed by atoms with Crippen molar-refractivity contribution in [2.45, 2.75) is 57.4 Å². The second kappa shape index (κ2) is 7.67. The van der Waals surface area contributed by atoms with Crippen LogP contribution in [0.4, 0.5) is 0 Å². The third kappa shape index (κ3) is 3.82. The zero-order valence-corrected chi connectivity index (χ0v) is 15.8. The SMILES string of the molecule is CC1CCC(NC(=O)[C@H]2CC=CC[C@H]2c2nc3ccccc3c(=O)[nH]2)CC1. The number of nitrogens with zero attached hydrogens (tertiary/aromatic N) is 1. The smallest absolute Gasteiger partial charge is 0.258 e. The van der Waals surface area contributed by atoms with Crippen molar-refractivity contribution < 1.29 is 4.79 Å². The van der Waals surface area contributed by atoms with Crippen molar-refractivity contribution in [3.05, 3.63) is 52.6 Å². The Kier molecular flexibility index (Phi) is 5.10. The standard InChI is InChI=1S/C22H27N3O2/c1-14-10-12-15(13-11-14)23-21(26)17-7-3-2-6-16(17)20-24-19-9-5-4-8-18(19)22(27)25-20/h2-5,8-9,14-17H,6-7,10-13H2,1H3,(H,23,26)(H,24,25,27)/t14?,15?,16-,17+/m1/s1. The van der Waals surface area contributed by atoms with Crippen LogP contribution in [0.2, 0.25) is 0 Å². The number of hydrogen-bond donors (Lipinski definition) is 2. The van der Waals surface area contributed by atoms with E-state index in [1.54, 1.807) is 6.07 Å². The molecular formula is C22H27N3O2. The first kappa shape index (κ1) is 18.0. The van der Waals surface area contributed by atoms with Crippen LogP contribution in [0.3, 0.4) is 0 Å². The highest BCUT2D eigenvalue weighted by Gasteiger charge is 2.33. The van der Waals surface area contributed by atoms with E-state index >= 15 is 0 Å². The van der Waals surface area contributed by atoms with Crippen LogP contribution in [0.25, 0.3) is 10.9 Å². The van der Waals surface area contributed by atoms with Crippen LogP contribution in [0.15, 0.2) is 41.2 Å². The van der Waals surface area contributed by atoms with E-state index < -0.39 is 0 Å². The van der Waals surface area contributed by atoms with Gasteiger partial charge in [-0.1, -0.05) is 31.2 Å². The van der Waals surface area contributed by atoms with E-state index in [0.29, 0.717) is 23.1 Å². The number of aromatic nitrogens is 2. The maximum absolute atomic E-state index is 13.0. The molecule has 2 aromatic rings. The molecule has 5 heteroatoms. The van der Waals surface area contributed by atoms with E-state index in [0.717, 1.165) is 25.2 Å². The summed E-state index contributed by atoms with van der Waals surface area (Å²) in [6, 6.07) is 7.63. The molecule has 27 heavy (non-hydrogen) atoms. The highest BCUT2D eigenvalue weighted by molar-refractivity contribution is 5.81. The van der Waals surface area contributed by atoms with E-state index in [1.807, 2.05) is 18.2 Å². The highest BCUT2D eigenvalue weighted by atomic mass is 16.2. The van der Waals surface area contributed by atoms with Gasteiger partial charge in [-0.3, -0.25) is 9.59 Å². The van der Waals surface area contributed by atoms with Crippen LogP contribution >= 0.6 is 0 Å². The second-order valence-corrected chi connectivity index (χ2v) is 8.09. The van der Waals surface area contributed by atoms with Gasteiger partial charge in [0.15, 0.2) is 0 Å². The lowest BCUT2D eigenvalue weighted by Gasteiger charge is -2.31. The second-order valence-electron chi connectivity index (χ2n) is 8.09. The first-order chi connectivity index (χ1) is 13.1. The summed E-state index contributed by atoms with van der Waals surface area (Å²) in [5, 5.41) is 3.86. The van der Waals surface area contributed by atoms with Crippen molar-refractivity contribution in [1.29, 1.82) is 0 Å². The molecule has 4 rings (SSSR count). The van der Waals surface area contributed by atoms with Gasteiger partial charge in [0.1, 0.15) is 5.82 Å². The summed E-state index contributed by atoms with van der Waals surface area (Å²) >= 11 is 0. The average molecular weight is 365 g/mol. The monoisotopic (exact) mass is 365 g/mol.